The third-order valence-electron chi connectivity index (χ3n) is 1.11. The SMILES string of the molecule is c1cc2cc-2c1. The van der Waals surface area contributed by atoms with Gasteiger partial charge in [0.15, 0.2) is 0 Å². The third-order valence-corrected chi connectivity index (χ3v) is 1.11. The van der Waals surface area contributed by atoms with Crippen LogP contribution in [-0.2, 0) is 0 Å². The highest BCUT2D eigenvalue weighted by atomic mass is 14.1. The van der Waals surface area contributed by atoms with Crippen molar-refractivity contribution in [1.29, 1.82) is 0 Å². The van der Waals surface area contributed by atoms with Crippen LogP contribution in [0.25, 0.3) is 11.1 Å². The van der Waals surface area contributed by atoms with Crippen molar-refractivity contribution in [2.45, 2.75) is 0 Å². The lowest BCUT2D eigenvalue weighted by atomic mass is 10.6. The van der Waals surface area contributed by atoms with Gasteiger partial charge in [-0.1, -0.05) is 18.2 Å². The topological polar surface area (TPSA) is 0 Å². The second kappa shape index (κ2) is 0.515. The highest BCUT2D eigenvalue weighted by molar-refractivity contribution is 5.80. The smallest absolute Gasteiger partial charge is 0.0178 e. The average molecular weight is 76.1 g/mol. The molecule has 2 aliphatic rings. The second-order valence-electron chi connectivity index (χ2n) is 1.58. The van der Waals surface area contributed by atoms with Crippen LogP contribution in [0.15, 0.2) is 24.3 Å². The van der Waals surface area contributed by atoms with Crippen molar-refractivity contribution >= 4 is 0 Å². The average Bonchev–Trinajstić information content (AvgIpc) is 2.17. The Morgan fingerprint density at radius 2 is 1.67 bits per heavy atom. The monoisotopic (exact) mass is 76.0 g/mol. The fraction of sp³-hybridized carbons (Fsp3) is 0. The van der Waals surface area contributed by atoms with Gasteiger partial charge in [0.2, 0.25) is 0 Å². The van der Waals surface area contributed by atoms with Gasteiger partial charge in [-0.15, -0.1) is 0 Å². The summed E-state index contributed by atoms with van der Waals surface area (Å²) in [6.07, 6.45) is 0. The van der Waals surface area contributed by atoms with Crippen LogP contribution in [0, 0.1) is 0 Å². The Morgan fingerprint density at radius 3 is 1.83 bits per heavy atom. The predicted molar refractivity (Wildman–Crippen MR) is 25.4 cm³/mol. The summed E-state index contributed by atoms with van der Waals surface area (Å²) in [6.45, 7) is 0. The van der Waals surface area contributed by atoms with E-state index in [1.807, 2.05) is 0 Å². The van der Waals surface area contributed by atoms with Gasteiger partial charge in [0.25, 0.3) is 0 Å². The summed E-state index contributed by atoms with van der Waals surface area (Å²) in [5.41, 5.74) is 2.85. The number of fused-ring (bicyclic) bond motifs is 1. The predicted octanol–water partition coefficient (Wildman–Crippen LogP) is 1.67. The minimum Gasteiger partial charge on any atom is -0.0610 e. The van der Waals surface area contributed by atoms with E-state index < -0.39 is 0 Å². The molecule has 0 fully saturated rings. The summed E-state index contributed by atoms with van der Waals surface area (Å²) >= 11 is 0. The van der Waals surface area contributed by atoms with E-state index >= 15 is 0 Å². The van der Waals surface area contributed by atoms with Gasteiger partial charge in [-0.2, -0.15) is 0 Å². The fourth-order valence-electron chi connectivity index (χ4n) is 0.676. The zero-order valence-corrected chi connectivity index (χ0v) is 3.31. The van der Waals surface area contributed by atoms with E-state index in [0.717, 1.165) is 0 Å². The number of rotatable bonds is 0. The van der Waals surface area contributed by atoms with E-state index in [4.69, 9.17) is 0 Å². The van der Waals surface area contributed by atoms with Crippen LogP contribution in [-0.4, -0.2) is 0 Å². The molecule has 0 aromatic carbocycles. The first-order chi connectivity index (χ1) is 2.97. The molecule has 0 spiro atoms. The number of hydrogen-bond acceptors (Lipinski definition) is 0. The first-order valence-electron chi connectivity index (χ1n) is 2.07. The maximum atomic E-state index is 2.17. The van der Waals surface area contributed by atoms with Crippen LogP contribution in [0.2, 0.25) is 0 Å². The van der Waals surface area contributed by atoms with Gasteiger partial charge in [0.1, 0.15) is 0 Å². The summed E-state index contributed by atoms with van der Waals surface area (Å²) in [4.78, 5) is 0. The van der Waals surface area contributed by atoms with E-state index in [-0.39, 0.29) is 0 Å². The van der Waals surface area contributed by atoms with Crippen molar-refractivity contribution in [3.8, 4) is 11.1 Å². The molecule has 6 heavy (non-hydrogen) atoms. The molecule has 0 unspecified atom stereocenters. The molecule has 0 N–H and O–H groups in total. The maximum Gasteiger partial charge on any atom is -0.0178 e. The van der Waals surface area contributed by atoms with Gasteiger partial charge < -0.3 is 0 Å². The molecule has 0 radical (unpaired) electrons. The summed E-state index contributed by atoms with van der Waals surface area (Å²) < 4.78 is 0. The molecule has 0 heteroatoms. The first kappa shape index (κ1) is 2.40. The molecule has 0 amide bonds. The molecule has 2 aliphatic carbocycles. The molecule has 28 valence electrons. The van der Waals surface area contributed by atoms with E-state index in [1.54, 1.807) is 0 Å². The minimum absolute atomic E-state index is 1.43. The Labute approximate surface area is 36.4 Å². The maximum absolute atomic E-state index is 2.17. The van der Waals surface area contributed by atoms with Crippen molar-refractivity contribution in [1.82, 2.24) is 0 Å². The van der Waals surface area contributed by atoms with E-state index in [2.05, 4.69) is 24.3 Å². The minimum atomic E-state index is 1.43. The second-order valence-corrected chi connectivity index (χ2v) is 1.58. The normalized spacial score (nSPS) is 11.3. The van der Waals surface area contributed by atoms with Gasteiger partial charge in [-0.3, -0.25) is 0 Å². The molecular formula is C6H4. The van der Waals surface area contributed by atoms with Crippen LogP contribution in [0.5, 0.6) is 0 Å². The standard InChI is InChI=1S/C6H4/c1-2-5-4-6(5)3-1/h1-4H. The quantitative estimate of drug-likeness (QED) is 0.447. The van der Waals surface area contributed by atoms with Crippen molar-refractivity contribution in [3.05, 3.63) is 24.3 Å². The third kappa shape index (κ3) is 0.126. The largest absolute Gasteiger partial charge is 0.0610 e. The lowest BCUT2D eigenvalue weighted by Gasteiger charge is -1.48. The lowest BCUT2D eigenvalue weighted by molar-refractivity contribution is 2.01. The summed E-state index contributed by atoms with van der Waals surface area (Å²) in [5.74, 6) is 0. The summed E-state index contributed by atoms with van der Waals surface area (Å²) in [5, 5.41) is 0. The Balaban J connectivity index is 2.91. The van der Waals surface area contributed by atoms with Crippen LogP contribution >= 0.6 is 0 Å². The van der Waals surface area contributed by atoms with E-state index in [1.165, 1.54) is 11.1 Å². The van der Waals surface area contributed by atoms with Crippen LogP contribution in [0.3, 0.4) is 0 Å². The Morgan fingerprint density at radius 1 is 1.00 bits per heavy atom. The molecule has 0 heterocycles. The number of benzene rings is 1. The molecule has 2 rings (SSSR count). The molecule has 0 saturated carbocycles. The Hall–Kier alpha value is -0.780. The molecule has 0 atom stereocenters. The lowest BCUT2D eigenvalue weighted by Crippen LogP contribution is -1.23. The van der Waals surface area contributed by atoms with Gasteiger partial charge in [-0.05, 0) is 17.2 Å². The Kier molecular flexibility index (Phi) is 0.206. The van der Waals surface area contributed by atoms with E-state index in [9.17, 15) is 0 Å². The summed E-state index contributed by atoms with van der Waals surface area (Å²) in [6, 6.07) is 8.48. The van der Waals surface area contributed by atoms with Gasteiger partial charge in [0, 0.05) is 0 Å². The molecule has 0 saturated heterocycles. The highest BCUT2D eigenvalue weighted by Gasteiger charge is 2.06. The fourth-order valence-corrected chi connectivity index (χ4v) is 0.676. The molecule has 0 nitrogen and oxygen atoms in total. The van der Waals surface area contributed by atoms with Crippen LogP contribution < -0.4 is 0 Å². The molecule has 0 aromatic heterocycles. The first-order valence-corrected chi connectivity index (χ1v) is 2.07. The molecule has 0 bridgehead atoms. The van der Waals surface area contributed by atoms with E-state index in [0.29, 0.717) is 0 Å². The summed E-state index contributed by atoms with van der Waals surface area (Å²) in [7, 11) is 0. The zero-order chi connectivity index (χ0) is 3.98. The Bertz CT molecular complexity index is 160. The van der Waals surface area contributed by atoms with Crippen molar-refractivity contribution < 1.29 is 0 Å². The van der Waals surface area contributed by atoms with Crippen molar-refractivity contribution in [2.75, 3.05) is 0 Å². The molecule has 0 aromatic rings. The van der Waals surface area contributed by atoms with Gasteiger partial charge in [0.05, 0.1) is 0 Å². The number of hydrogen-bond donors (Lipinski definition) is 0. The van der Waals surface area contributed by atoms with Crippen molar-refractivity contribution in [2.24, 2.45) is 0 Å². The highest BCUT2D eigenvalue weighted by Crippen LogP contribution is 2.32. The van der Waals surface area contributed by atoms with Gasteiger partial charge in [-0.25, -0.2) is 0 Å². The molecule has 0 aliphatic heterocycles. The van der Waals surface area contributed by atoms with Crippen LogP contribution in [0.4, 0.5) is 0 Å². The van der Waals surface area contributed by atoms with Crippen LogP contribution in [0.1, 0.15) is 0 Å². The van der Waals surface area contributed by atoms with Crippen molar-refractivity contribution in [3.63, 3.8) is 0 Å². The zero-order valence-electron chi connectivity index (χ0n) is 3.31. The van der Waals surface area contributed by atoms with Gasteiger partial charge >= 0.3 is 0 Å². The molecular weight excluding hydrogens is 72.1 g/mol.